The van der Waals surface area contributed by atoms with Crippen molar-refractivity contribution in [2.75, 3.05) is 11.9 Å². The Morgan fingerprint density at radius 2 is 2.06 bits per heavy atom. The summed E-state index contributed by atoms with van der Waals surface area (Å²) in [4.78, 5) is 19.3. The second kappa shape index (κ2) is 5.61. The minimum Gasteiger partial charge on any atom is -0.481 e. The number of carboxylic acid groups (broad SMARTS) is 1. The van der Waals surface area contributed by atoms with Crippen LogP contribution in [0.1, 0.15) is 32.4 Å². The lowest BCUT2D eigenvalue weighted by Gasteiger charge is -2.27. The predicted octanol–water partition coefficient (Wildman–Crippen LogP) is 2.09. The molecule has 2 N–H and O–H groups in total. The van der Waals surface area contributed by atoms with Gasteiger partial charge in [-0.05, 0) is 19.8 Å². The van der Waals surface area contributed by atoms with Gasteiger partial charge < -0.3 is 10.4 Å². The summed E-state index contributed by atoms with van der Waals surface area (Å²) in [5.41, 5.74) is 0.134. The molecule has 0 unspecified atom stereocenters. The summed E-state index contributed by atoms with van der Waals surface area (Å²) < 4.78 is 0. The van der Waals surface area contributed by atoms with Crippen LogP contribution in [-0.4, -0.2) is 27.6 Å². The van der Waals surface area contributed by atoms with Crippen LogP contribution in [0.5, 0.6) is 0 Å². The maximum atomic E-state index is 11.3. The molecule has 17 heavy (non-hydrogen) atoms. The van der Waals surface area contributed by atoms with Crippen molar-refractivity contribution in [1.29, 1.82) is 0 Å². The normalized spacial score (nSPS) is 11.2. The van der Waals surface area contributed by atoms with E-state index in [-0.39, 0.29) is 0 Å². The van der Waals surface area contributed by atoms with Crippen molar-refractivity contribution in [3.63, 3.8) is 0 Å². The number of carbonyl (C=O) groups is 1. The summed E-state index contributed by atoms with van der Waals surface area (Å²) in [5.74, 6) is -0.0918. The Morgan fingerprint density at radius 1 is 1.41 bits per heavy atom. The molecule has 0 fully saturated rings. The third-order valence-electron chi connectivity index (χ3n) is 3.22. The highest BCUT2D eigenvalue weighted by atomic mass is 16.4. The summed E-state index contributed by atoms with van der Waals surface area (Å²) in [6.07, 6.45) is 2.66. The molecule has 0 saturated heterocycles. The Kier molecular flexibility index (Phi) is 4.43. The van der Waals surface area contributed by atoms with Crippen LogP contribution in [0, 0.1) is 12.3 Å². The Labute approximate surface area is 101 Å². The van der Waals surface area contributed by atoms with Crippen LogP contribution in [-0.2, 0) is 4.79 Å². The number of anilines is 1. The molecule has 0 spiro atoms. The summed E-state index contributed by atoms with van der Waals surface area (Å²) in [5, 5.41) is 12.4. The number of aryl methyl sites for hydroxylation is 1. The first-order chi connectivity index (χ1) is 8.04. The minimum atomic E-state index is -0.763. The Bertz CT molecular complexity index is 389. The zero-order valence-electron chi connectivity index (χ0n) is 10.5. The third kappa shape index (κ3) is 3.15. The van der Waals surface area contributed by atoms with Crippen molar-refractivity contribution in [2.24, 2.45) is 5.41 Å². The number of aromatic nitrogens is 2. The lowest BCUT2D eigenvalue weighted by atomic mass is 9.82. The summed E-state index contributed by atoms with van der Waals surface area (Å²) in [7, 11) is 0. The largest absolute Gasteiger partial charge is 0.481 e. The van der Waals surface area contributed by atoms with Gasteiger partial charge in [0.05, 0.1) is 5.41 Å². The van der Waals surface area contributed by atoms with E-state index in [1.807, 2.05) is 20.8 Å². The van der Waals surface area contributed by atoms with Gasteiger partial charge in [-0.15, -0.1) is 0 Å². The third-order valence-corrected chi connectivity index (χ3v) is 3.22. The SMILES string of the molecule is CCC(CC)(CNc1cc(C)ncn1)C(=O)O. The summed E-state index contributed by atoms with van der Waals surface area (Å²) >= 11 is 0. The van der Waals surface area contributed by atoms with Crippen LogP contribution in [0.25, 0.3) is 0 Å². The van der Waals surface area contributed by atoms with Crippen molar-refractivity contribution < 1.29 is 9.90 Å². The van der Waals surface area contributed by atoms with Gasteiger partial charge in [-0.25, -0.2) is 9.97 Å². The van der Waals surface area contributed by atoms with Gasteiger partial charge in [0.1, 0.15) is 12.1 Å². The predicted molar refractivity (Wildman–Crippen MR) is 65.9 cm³/mol. The van der Waals surface area contributed by atoms with Crippen LogP contribution in [0.15, 0.2) is 12.4 Å². The fraction of sp³-hybridized carbons (Fsp3) is 0.583. The Hall–Kier alpha value is -1.65. The zero-order valence-corrected chi connectivity index (χ0v) is 10.5. The van der Waals surface area contributed by atoms with E-state index in [0.29, 0.717) is 25.2 Å². The number of nitrogens with one attached hydrogen (secondary N) is 1. The molecule has 1 heterocycles. The van der Waals surface area contributed by atoms with E-state index in [0.717, 1.165) is 5.69 Å². The van der Waals surface area contributed by atoms with Crippen LogP contribution >= 0.6 is 0 Å². The quantitative estimate of drug-likeness (QED) is 0.792. The lowest BCUT2D eigenvalue weighted by Crippen LogP contribution is -2.37. The van der Waals surface area contributed by atoms with Gasteiger partial charge in [-0.1, -0.05) is 13.8 Å². The summed E-state index contributed by atoms with van der Waals surface area (Å²) in [6.45, 7) is 6.04. The molecule has 5 nitrogen and oxygen atoms in total. The molecule has 0 aliphatic rings. The van der Waals surface area contributed by atoms with Crippen LogP contribution in [0.2, 0.25) is 0 Å². The van der Waals surface area contributed by atoms with Crippen LogP contribution in [0.3, 0.4) is 0 Å². The van der Waals surface area contributed by atoms with E-state index >= 15 is 0 Å². The number of hydrogen-bond acceptors (Lipinski definition) is 4. The Balaban J connectivity index is 2.74. The highest BCUT2D eigenvalue weighted by Crippen LogP contribution is 2.26. The molecule has 1 aromatic heterocycles. The smallest absolute Gasteiger partial charge is 0.311 e. The molecule has 0 amide bonds. The van der Waals surface area contributed by atoms with E-state index in [4.69, 9.17) is 0 Å². The molecule has 0 atom stereocenters. The first-order valence-electron chi connectivity index (χ1n) is 5.80. The van der Waals surface area contributed by atoms with Crippen molar-refractivity contribution in [3.8, 4) is 0 Å². The molecule has 0 radical (unpaired) electrons. The van der Waals surface area contributed by atoms with Crippen molar-refractivity contribution in [1.82, 2.24) is 9.97 Å². The average molecular weight is 237 g/mol. The summed E-state index contributed by atoms with van der Waals surface area (Å²) in [6, 6.07) is 1.80. The van der Waals surface area contributed by atoms with Crippen molar-refractivity contribution >= 4 is 11.8 Å². The molecule has 0 aliphatic heterocycles. The van der Waals surface area contributed by atoms with Crippen LogP contribution < -0.4 is 5.32 Å². The monoisotopic (exact) mass is 237 g/mol. The molecule has 1 aromatic rings. The van der Waals surface area contributed by atoms with Crippen LogP contribution in [0.4, 0.5) is 5.82 Å². The first kappa shape index (κ1) is 13.4. The average Bonchev–Trinajstić information content (AvgIpc) is 2.31. The topological polar surface area (TPSA) is 75.1 Å². The maximum absolute atomic E-state index is 11.3. The number of rotatable bonds is 6. The molecule has 0 aromatic carbocycles. The molecular formula is C12H19N3O2. The number of nitrogens with zero attached hydrogens (tertiary/aromatic N) is 2. The number of aliphatic carboxylic acids is 1. The second-order valence-corrected chi connectivity index (χ2v) is 4.19. The first-order valence-corrected chi connectivity index (χ1v) is 5.80. The van der Waals surface area contributed by atoms with E-state index in [2.05, 4.69) is 15.3 Å². The maximum Gasteiger partial charge on any atom is 0.311 e. The van der Waals surface area contributed by atoms with Gasteiger partial charge in [0, 0.05) is 18.3 Å². The van der Waals surface area contributed by atoms with E-state index in [1.165, 1.54) is 6.33 Å². The van der Waals surface area contributed by atoms with E-state index in [9.17, 15) is 9.90 Å². The minimum absolute atomic E-state index is 0.381. The van der Waals surface area contributed by atoms with Gasteiger partial charge >= 0.3 is 5.97 Å². The Morgan fingerprint density at radius 3 is 2.53 bits per heavy atom. The van der Waals surface area contributed by atoms with Crippen molar-refractivity contribution in [2.45, 2.75) is 33.6 Å². The fourth-order valence-corrected chi connectivity index (χ4v) is 1.69. The highest BCUT2D eigenvalue weighted by Gasteiger charge is 2.34. The lowest BCUT2D eigenvalue weighted by molar-refractivity contribution is -0.148. The molecule has 5 heteroatoms. The van der Waals surface area contributed by atoms with Gasteiger partial charge in [-0.2, -0.15) is 0 Å². The number of hydrogen-bond donors (Lipinski definition) is 2. The fourth-order valence-electron chi connectivity index (χ4n) is 1.69. The van der Waals surface area contributed by atoms with Gasteiger partial charge in [-0.3, -0.25) is 4.79 Å². The van der Waals surface area contributed by atoms with E-state index < -0.39 is 11.4 Å². The molecule has 94 valence electrons. The van der Waals surface area contributed by atoms with Crippen molar-refractivity contribution in [3.05, 3.63) is 18.1 Å². The molecule has 0 bridgehead atoms. The molecule has 1 rings (SSSR count). The molecule has 0 saturated carbocycles. The number of carboxylic acids is 1. The second-order valence-electron chi connectivity index (χ2n) is 4.19. The molecule has 0 aliphatic carbocycles. The molecular weight excluding hydrogens is 218 g/mol. The van der Waals surface area contributed by atoms with Gasteiger partial charge in [0.2, 0.25) is 0 Å². The highest BCUT2D eigenvalue weighted by molar-refractivity contribution is 5.75. The van der Waals surface area contributed by atoms with Gasteiger partial charge in [0.25, 0.3) is 0 Å². The zero-order chi connectivity index (χ0) is 12.9. The van der Waals surface area contributed by atoms with Gasteiger partial charge in [0.15, 0.2) is 0 Å². The van der Waals surface area contributed by atoms with E-state index in [1.54, 1.807) is 6.07 Å². The standard InChI is InChI=1S/C12H19N3O2/c1-4-12(5-2,11(16)17)7-13-10-6-9(3)14-8-15-10/h6,8H,4-5,7H2,1-3H3,(H,16,17)(H,13,14,15).